The second kappa shape index (κ2) is 7.24. The van der Waals surface area contributed by atoms with E-state index in [2.05, 4.69) is 19.2 Å². The van der Waals surface area contributed by atoms with Gasteiger partial charge < -0.3 is 10.1 Å². The van der Waals surface area contributed by atoms with Crippen LogP contribution in [0.2, 0.25) is 0 Å². The summed E-state index contributed by atoms with van der Waals surface area (Å²) in [4.78, 5) is 0. The standard InChI is InChI=1S/C12H25NO/c1-3-8-13-10-11(2)14-9-7-12-5-4-6-12/h11-13H,3-10H2,1-2H3. The molecule has 0 aromatic carbocycles. The van der Waals surface area contributed by atoms with Gasteiger partial charge in [-0.2, -0.15) is 0 Å². The van der Waals surface area contributed by atoms with Crippen molar-refractivity contribution < 1.29 is 4.74 Å². The monoisotopic (exact) mass is 199 g/mol. The number of nitrogens with one attached hydrogen (secondary N) is 1. The van der Waals surface area contributed by atoms with Gasteiger partial charge in [0.25, 0.3) is 0 Å². The molecular weight excluding hydrogens is 174 g/mol. The van der Waals surface area contributed by atoms with Gasteiger partial charge in [0.1, 0.15) is 0 Å². The maximum atomic E-state index is 5.73. The Hall–Kier alpha value is -0.0800. The largest absolute Gasteiger partial charge is 0.377 e. The predicted molar refractivity (Wildman–Crippen MR) is 60.5 cm³/mol. The number of hydrogen-bond acceptors (Lipinski definition) is 2. The molecule has 1 aliphatic carbocycles. The number of rotatable bonds is 8. The fourth-order valence-electron chi connectivity index (χ4n) is 1.76. The minimum absolute atomic E-state index is 0.377. The third-order valence-corrected chi connectivity index (χ3v) is 3.01. The van der Waals surface area contributed by atoms with Crippen molar-refractivity contribution in [1.82, 2.24) is 5.32 Å². The van der Waals surface area contributed by atoms with E-state index in [1.807, 2.05) is 0 Å². The second-order valence-corrected chi connectivity index (χ2v) is 4.47. The van der Waals surface area contributed by atoms with Gasteiger partial charge in [-0.1, -0.05) is 26.2 Å². The highest BCUT2D eigenvalue weighted by molar-refractivity contribution is 4.69. The lowest BCUT2D eigenvalue weighted by Gasteiger charge is -2.25. The molecule has 0 saturated heterocycles. The van der Waals surface area contributed by atoms with E-state index in [9.17, 15) is 0 Å². The van der Waals surface area contributed by atoms with Crippen LogP contribution in [0.15, 0.2) is 0 Å². The van der Waals surface area contributed by atoms with Crippen LogP contribution in [0.1, 0.15) is 46.0 Å². The number of ether oxygens (including phenoxy) is 1. The normalized spacial score (nSPS) is 19.3. The Bertz CT molecular complexity index is 134. The molecule has 2 nitrogen and oxygen atoms in total. The highest BCUT2D eigenvalue weighted by Gasteiger charge is 2.16. The molecule has 1 unspecified atom stereocenters. The van der Waals surface area contributed by atoms with Crippen LogP contribution in [0.3, 0.4) is 0 Å². The first-order valence-corrected chi connectivity index (χ1v) is 6.15. The average Bonchev–Trinajstić information content (AvgIpc) is 2.10. The van der Waals surface area contributed by atoms with E-state index in [4.69, 9.17) is 4.74 Å². The molecule has 84 valence electrons. The molecule has 1 aliphatic rings. The molecule has 14 heavy (non-hydrogen) atoms. The highest BCUT2D eigenvalue weighted by atomic mass is 16.5. The van der Waals surface area contributed by atoms with Crippen molar-refractivity contribution in [2.45, 2.75) is 52.1 Å². The van der Waals surface area contributed by atoms with Crippen molar-refractivity contribution in [3.63, 3.8) is 0 Å². The van der Waals surface area contributed by atoms with Gasteiger partial charge in [0.2, 0.25) is 0 Å². The third kappa shape index (κ3) is 4.97. The lowest BCUT2D eigenvalue weighted by atomic mass is 9.83. The highest BCUT2D eigenvalue weighted by Crippen LogP contribution is 2.29. The minimum Gasteiger partial charge on any atom is -0.377 e. The SMILES string of the molecule is CCCNCC(C)OCCC1CCC1. The summed E-state index contributed by atoms with van der Waals surface area (Å²) >= 11 is 0. The van der Waals surface area contributed by atoms with E-state index in [-0.39, 0.29) is 0 Å². The van der Waals surface area contributed by atoms with Crippen LogP contribution in [0, 0.1) is 5.92 Å². The van der Waals surface area contributed by atoms with E-state index in [1.165, 1.54) is 32.1 Å². The summed E-state index contributed by atoms with van der Waals surface area (Å²) < 4.78 is 5.73. The molecule has 0 aromatic heterocycles. The topological polar surface area (TPSA) is 21.3 Å². The van der Waals surface area contributed by atoms with E-state index in [0.29, 0.717) is 6.10 Å². The molecule has 1 saturated carbocycles. The zero-order valence-electron chi connectivity index (χ0n) is 9.72. The van der Waals surface area contributed by atoms with Gasteiger partial charge in [0.15, 0.2) is 0 Å². The summed E-state index contributed by atoms with van der Waals surface area (Å²) in [5.41, 5.74) is 0. The molecule has 0 aliphatic heterocycles. The summed E-state index contributed by atoms with van der Waals surface area (Å²) in [6.45, 7) is 7.41. The molecule has 0 amide bonds. The first-order chi connectivity index (χ1) is 6.83. The van der Waals surface area contributed by atoms with Crippen molar-refractivity contribution in [3.05, 3.63) is 0 Å². The van der Waals surface area contributed by atoms with Gasteiger partial charge >= 0.3 is 0 Å². The second-order valence-electron chi connectivity index (χ2n) is 4.47. The molecule has 1 atom stereocenters. The molecule has 0 aromatic rings. The smallest absolute Gasteiger partial charge is 0.0671 e. The van der Waals surface area contributed by atoms with Gasteiger partial charge in [-0.05, 0) is 32.2 Å². The Balaban J connectivity index is 1.84. The zero-order chi connectivity index (χ0) is 10.2. The van der Waals surface area contributed by atoms with E-state index < -0.39 is 0 Å². The van der Waals surface area contributed by atoms with Gasteiger partial charge in [0, 0.05) is 13.2 Å². The third-order valence-electron chi connectivity index (χ3n) is 3.01. The Kier molecular flexibility index (Phi) is 6.20. The molecule has 0 radical (unpaired) electrons. The Morgan fingerprint density at radius 1 is 1.43 bits per heavy atom. The van der Waals surface area contributed by atoms with Crippen molar-refractivity contribution in [3.8, 4) is 0 Å². The van der Waals surface area contributed by atoms with Crippen LogP contribution in [0.4, 0.5) is 0 Å². The summed E-state index contributed by atoms with van der Waals surface area (Å²) in [6, 6.07) is 0. The summed E-state index contributed by atoms with van der Waals surface area (Å²) in [7, 11) is 0. The fourth-order valence-corrected chi connectivity index (χ4v) is 1.76. The molecule has 1 fully saturated rings. The van der Waals surface area contributed by atoms with Gasteiger partial charge in [0.05, 0.1) is 6.10 Å². The quantitative estimate of drug-likeness (QED) is 0.607. The van der Waals surface area contributed by atoms with Crippen LogP contribution in [0.5, 0.6) is 0 Å². The van der Waals surface area contributed by atoms with Gasteiger partial charge in [-0.15, -0.1) is 0 Å². The Morgan fingerprint density at radius 2 is 2.21 bits per heavy atom. The first-order valence-electron chi connectivity index (χ1n) is 6.15. The fraction of sp³-hybridized carbons (Fsp3) is 1.00. The molecule has 0 bridgehead atoms. The molecule has 1 rings (SSSR count). The molecule has 0 heterocycles. The van der Waals surface area contributed by atoms with Crippen LogP contribution in [-0.4, -0.2) is 25.8 Å². The van der Waals surface area contributed by atoms with Crippen LogP contribution >= 0.6 is 0 Å². The van der Waals surface area contributed by atoms with Crippen molar-refractivity contribution in [2.75, 3.05) is 19.7 Å². The number of hydrogen-bond donors (Lipinski definition) is 1. The minimum atomic E-state index is 0.377. The summed E-state index contributed by atoms with van der Waals surface area (Å²) in [5.74, 6) is 0.978. The van der Waals surface area contributed by atoms with Crippen molar-refractivity contribution in [2.24, 2.45) is 5.92 Å². The predicted octanol–water partition coefficient (Wildman–Crippen LogP) is 2.58. The zero-order valence-corrected chi connectivity index (χ0v) is 9.72. The van der Waals surface area contributed by atoms with Crippen LogP contribution in [0.25, 0.3) is 0 Å². The maximum Gasteiger partial charge on any atom is 0.0671 e. The van der Waals surface area contributed by atoms with Crippen LogP contribution in [-0.2, 0) is 4.74 Å². The van der Waals surface area contributed by atoms with Crippen molar-refractivity contribution in [1.29, 1.82) is 0 Å². The van der Waals surface area contributed by atoms with E-state index in [0.717, 1.165) is 25.6 Å². The Labute approximate surface area is 88.4 Å². The molecule has 2 heteroatoms. The molecule has 1 N–H and O–H groups in total. The first kappa shape index (κ1) is 12.0. The summed E-state index contributed by atoms with van der Waals surface area (Å²) in [6.07, 6.45) is 7.17. The average molecular weight is 199 g/mol. The molecule has 0 spiro atoms. The lowest BCUT2D eigenvalue weighted by Crippen LogP contribution is -2.28. The van der Waals surface area contributed by atoms with E-state index in [1.54, 1.807) is 0 Å². The van der Waals surface area contributed by atoms with Crippen molar-refractivity contribution >= 4 is 0 Å². The Morgan fingerprint density at radius 3 is 2.79 bits per heavy atom. The van der Waals surface area contributed by atoms with Gasteiger partial charge in [-0.25, -0.2) is 0 Å². The molecular formula is C12H25NO. The van der Waals surface area contributed by atoms with E-state index >= 15 is 0 Å². The maximum absolute atomic E-state index is 5.73. The van der Waals surface area contributed by atoms with Crippen LogP contribution < -0.4 is 5.32 Å². The lowest BCUT2D eigenvalue weighted by molar-refractivity contribution is 0.0494. The summed E-state index contributed by atoms with van der Waals surface area (Å²) in [5, 5.41) is 3.38. The van der Waals surface area contributed by atoms with Gasteiger partial charge in [-0.3, -0.25) is 0 Å².